The highest BCUT2D eigenvalue weighted by atomic mass is 16.2. The number of carbonyl (C=O) groups is 8. The van der Waals surface area contributed by atoms with Crippen LogP contribution in [0.1, 0.15) is 120 Å². The highest BCUT2D eigenvalue weighted by Gasteiger charge is 2.49. The molecule has 1 atom stereocenters. The molecule has 8 amide bonds. The number of imide groups is 4. The molecular weight excluding hydrogens is 640 g/mol. The van der Waals surface area contributed by atoms with Crippen molar-refractivity contribution in [1.29, 1.82) is 0 Å². The van der Waals surface area contributed by atoms with Crippen molar-refractivity contribution in [1.82, 2.24) is 19.8 Å². The fourth-order valence-electron chi connectivity index (χ4n) is 8.48. The third kappa shape index (κ3) is 3.98. The predicted molar refractivity (Wildman–Crippen MR) is 177 cm³/mol. The van der Waals surface area contributed by atoms with Crippen LogP contribution in [0, 0.1) is 0 Å². The van der Waals surface area contributed by atoms with Gasteiger partial charge in [-0.1, -0.05) is 26.2 Å². The predicted octanol–water partition coefficient (Wildman–Crippen LogP) is 0.799. The quantitative estimate of drug-likeness (QED) is 0.309. The van der Waals surface area contributed by atoms with Gasteiger partial charge in [0, 0.05) is 66.4 Å². The molecule has 2 aromatic rings. The molecule has 0 aromatic heterocycles. The molecule has 2 aromatic carbocycles. The summed E-state index contributed by atoms with van der Waals surface area (Å²) in [6, 6.07) is 5.01. The number of hydrogen-bond donors (Lipinski definition) is 0. The van der Waals surface area contributed by atoms with E-state index in [1.165, 1.54) is 34.1 Å². The molecule has 1 unspecified atom stereocenters. The van der Waals surface area contributed by atoms with Crippen LogP contribution in [0.15, 0.2) is 24.3 Å². The van der Waals surface area contributed by atoms with Gasteiger partial charge >= 0.3 is 0 Å². The molecule has 0 saturated carbocycles. The summed E-state index contributed by atoms with van der Waals surface area (Å²) in [7, 11) is 0. The second-order valence-electron chi connectivity index (χ2n) is 14.0. The van der Waals surface area contributed by atoms with Crippen LogP contribution in [-0.4, -0.2) is 79.2 Å². The van der Waals surface area contributed by atoms with Crippen molar-refractivity contribution < 1.29 is 38.4 Å². The Morgan fingerprint density at radius 1 is 0.480 bits per heavy atom. The molecule has 12 heteroatoms. The lowest BCUT2D eigenvalue weighted by Gasteiger charge is -2.40. The Kier molecular flexibility index (Phi) is 6.98. The fourth-order valence-corrected chi connectivity index (χ4v) is 8.48. The molecule has 0 N–H and O–H groups in total. The highest BCUT2D eigenvalue weighted by Crippen LogP contribution is 2.32. The first-order chi connectivity index (χ1) is 23.9. The minimum atomic E-state index is -0.936. The number of amides is 8. The monoisotopic (exact) mass is 674 g/mol. The normalized spacial score (nSPS) is 20.1. The van der Waals surface area contributed by atoms with Crippen LogP contribution < -0.4 is 20.9 Å². The fraction of sp³-hybridized carbons (Fsp3) is 0.368. The van der Waals surface area contributed by atoms with Crippen molar-refractivity contribution >= 4 is 69.5 Å². The summed E-state index contributed by atoms with van der Waals surface area (Å²) in [6.45, 7) is 7.39. The molecule has 12 nitrogen and oxygen atoms in total. The zero-order valence-electron chi connectivity index (χ0n) is 28.2. The Labute approximate surface area is 285 Å². The van der Waals surface area contributed by atoms with Gasteiger partial charge in [-0.3, -0.25) is 48.2 Å². The van der Waals surface area contributed by atoms with E-state index < -0.39 is 53.3 Å². The highest BCUT2D eigenvalue weighted by molar-refractivity contribution is 6.34. The maximum atomic E-state index is 14.3. The van der Waals surface area contributed by atoms with Gasteiger partial charge in [0.1, 0.15) is 0 Å². The van der Waals surface area contributed by atoms with E-state index in [9.17, 15) is 38.4 Å². The molecule has 0 bridgehead atoms. The van der Waals surface area contributed by atoms with Gasteiger partial charge in [0.05, 0.1) is 11.1 Å². The first-order valence-corrected chi connectivity index (χ1v) is 17.2. The van der Waals surface area contributed by atoms with Gasteiger partial charge in [-0.2, -0.15) is 10.0 Å². The second kappa shape index (κ2) is 11.0. The molecule has 0 saturated heterocycles. The number of hydrazine groups is 1. The zero-order valence-corrected chi connectivity index (χ0v) is 28.2. The van der Waals surface area contributed by atoms with Gasteiger partial charge < -0.3 is 0 Å². The van der Waals surface area contributed by atoms with E-state index in [2.05, 4.69) is 6.92 Å². The lowest BCUT2D eigenvalue weighted by molar-refractivity contribution is -0.146. The summed E-state index contributed by atoms with van der Waals surface area (Å²) in [6.07, 6.45) is 3.89. The van der Waals surface area contributed by atoms with Crippen molar-refractivity contribution in [3.05, 3.63) is 67.4 Å². The van der Waals surface area contributed by atoms with Gasteiger partial charge in [0.15, 0.2) is 0 Å². The minimum absolute atomic E-state index is 0.000380. The summed E-state index contributed by atoms with van der Waals surface area (Å²) in [5.41, 5.74) is 1.43. The Balaban J connectivity index is 1.24. The molecular formula is C38H34N4O8. The van der Waals surface area contributed by atoms with Crippen LogP contribution in [-0.2, 0) is 19.2 Å². The van der Waals surface area contributed by atoms with Crippen molar-refractivity contribution in [3.8, 4) is 0 Å². The maximum Gasteiger partial charge on any atom is 0.281 e. The Bertz CT molecular complexity index is 2370. The standard InChI is InChI=1S/C38H34N4O8/c1-5-6-7-8-18(4)40-33(45)21-11-15-25-30-26(16-12-22(28(21)30)34(40)46)38(50)42(37(25)49)41-35(47)23-13-9-19-27-20(10-14-24(29(23)27)36(41)48)32(44)39(17(2)3)31(19)43/h9,11,13,15,17-18H,5-8,10,12,14,16H2,1-4H3. The maximum absolute atomic E-state index is 14.3. The Morgan fingerprint density at radius 2 is 0.840 bits per heavy atom. The van der Waals surface area contributed by atoms with E-state index in [0.717, 1.165) is 19.3 Å². The summed E-state index contributed by atoms with van der Waals surface area (Å²) in [5, 5.41) is 2.08. The van der Waals surface area contributed by atoms with Crippen molar-refractivity contribution in [2.45, 2.75) is 91.1 Å². The van der Waals surface area contributed by atoms with Crippen LogP contribution in [0.3, 0.4) is 0 Å². The third-order valence-electron chi connectivity index (χ3n) is 10.8. The first kappa shape index (κ1) is 31.7. The second-order valence-corrected chi connectivity index (χ2v) is 14.0. The lowest BCUT2D eigenvalue weighted by Crippen LogP contribution is -2.65. The molecule has 6 aliphatic rings. The number of nitrogens with zero attached hydrogens (tertiary/aromatic N) is 4. The topological polar surface area (TPSA) is 150 Å². The number of rotatable bonds is 7. The average Bonchev–Trinajstić information content (AvgIpc) is 3.09. The van der Waals surface area contributed by atoms with Gasteiger partial charge in [-0.15, -0.1) is 0 Å². The van der Waals surface area contributed by atoms with Gasteiger partial charge in [-0.25, -0.2) is 0 Å². The Hall–Kier alpha value is -5.52. The third-order valence-corrected chi connectivity index (χ3v) is 10.8. The van der Waals surface area contributed by atoms with Crippen molar-refractivity contribution in [2.75, 3.05) is 0 Å². The number of benzene rings is 2. The summed E-state index contributed by atoms with van der Waals surface area (Å²) in [4.78, 5) is 114. The van der Waals surface area contributed by atoms with Gasteiger partial charge in [-0.05, 0) is 77.1 Å². The molecule has 4 aliphatic heterocycles. The smallest absolute Gasteiger partial charge is 0.272 e. The largest absolute Gasteiger partial charge is 0.281 e. The average molecular weight is 675 g/mol. The van der Waals surface area contributed by atoms with Gasteiger partial charge in [0.2, 0.25) is 0 Å². The molecule has 8 rings (SSSR count). The van der Waals surface area contributed by atoms with Crippen LogP contribution in [0.4, 0.5) is 0 Å². The number of unbranched alkanes of at least 4 members (excludes halogenated alkanes) is 2. The van der Waals surface area contributed by atoms with Crippen molar-refractivity contribution in [3.63, 3.8) is 0 Å². The van der Waals surface area contributed by atoms with Crippen LogP contribution in [0.2, 0.25) is 0 Å². The molecule has 4 heterocycles. The van der Waals surface area contributed by atoms with E-state index in [1.807, 2.05) is 6.92 Å². The Morgan fingerprint density at radius 3 is 1.24 bits per heavy atom. The van der Waals surface area contributed by atoms with Gasteiger partial charge in [0.25, 0.3) is 47.3 Å². The summed E-state index contributed by atoms with van der Waals surface area (Å²) < 4.78 is 0. The molecule has 50 heavy (non-hydrogen) atoms. The molecule has 0 radical (unpaired) electrons. The van der Waals surface area contributed by atoms with E-state index in [0.29, 0.717) is 27.6 Å². The SMILES string of the molecule is CCCCCC(C)N1C(=O)C2=c3c(ccc4c3=C(CC2)C(=O)N(N2C(=O)C3=c5c(ccc6c5=C(CC3)C(=O)N(C(C)C)C6=O)C2=O)C4=O)C1=O. The molecule has 2 aliphatic carbocycles. The van der Waals surface area contributed by atoms with E-state index in [4.69, 9.17) is 0 Å². The number of hydrogen-bond acceptors (Lipinski definition) is 8. The minimum Gasteiger partial charge on any atom is -0.272 e. The van der Waals surface area contributed by atoms with E-state index in [1.54, 1.807) is 13.8 Å². The molecule has 0 spiro atoms. The first-order valence-electron chi connectivity index (χ1n) is 17.2. The molecule has 254 valence electrons. The van der Waals surface area contributed by atoms with Crippen LogP contribution >= 0.6 is 0 Å². The van der Waals surface area contributed by atoms with E-state index >= 15 is 0 Å². The summed E-state index contributed by atoms with van der Waals surface area (Å²) >= 11 is 0. The van der Waals surface area contributed by atoms with Crippen molar-refractivity contribution in [2.24, 2.45) is 0 Å². The number of carbonyl (C=O) groups excluding carboxylic acids is 8. The lowest BCUT2D eigenvalue weighted by atomic mass is 9.82. The van der Waals surface area contributed by atoms with E-state index in [-0.39, 0.29) is 86.0 Å². The zero-order chi connectivity index (χ0) is 35.5. The summed E-state index contributed by atoms with van der Waals surface area (Å²) in [5.74, 6) is -5.53. The van der Waals surface area contributed by atoms with Crippen LogP contribution in [0.5, 0.6) is 0 Å². The molecule has 0 fully saturated rings. The van der Waals surface area contributed by atoms with Crippen LogP contribution in [0.25, 0.3) is 22.3 Å².